The van der Waals surface area contributed by atoms with Gasteiger partial charge in [0.25, 0.3) is 0 Å². The zero-order valence-corrected chi connectivity index (χ0v) is 12.8. The van der Waals surface area contributed by atoms with E-state index in [0.29, 0.717) is 18.3 Å². The molecule has 0 radical (unpaired) electrons. The second-order valence-corrected chi connectivity index (χ2v) is 7.43. The van der Waals surface area contributed by atoms with Crippen LogP contribution in [0.1, 0.15) is 12.8 Å². The summed E-state index contributed by atoms with van der Waals surface area (Å²) in [6.07, 6.45) is 2.37. The summed E-state index contributed by atoms with van der Waals surface area (Å²) in [5, 5.41) is 3.35. The number of nitrogens with one attached hydrogen (secondary N) is 1. The second kappa shape index (κ2) is 6.56. The van der Waals surface area contributed by atoms with Crippen LogP contribution in [0.5, 0.6) is 5.75 Å². The first-order valence-corrected chi connectivity index (χ1v) is 8.30. The Morgan fingerprint density at radius 1 is 1.30 bits per heavy atom. The lowest BCUT2D eigenvalue weighted by Crippen LogP contribution is -2.33. The molecule has 1 aromatic carbocycles. The van der Waals surface area contributed by atoms with Gasteiger partial charge < -0.3 is 10.1 Å². The summed E-state index contributed by atoms with van der Waals surface area (Å²) in [4.78, 5) is 0.286. The zero-order chi connectivity index (χ0) is 14.6. The second-order valence-electron chi connectivity index (χ2n) is 5.28. The van der Waals surface area contributed by atoms with Crippen LogP contribution in [0.3, 0.4) is 0 Å². The molecular formula is C14H22N2O3S. The molecule has 0 aliphatic carbocycles. The van der Waals surface area contributed by atoms with Crippen LogP contribution in [-0.4, -0.2) is 46.5 Å². The average Bonchev–Trinajstić information content (AvgIpc) is 2.46. The summed E-state index contributed by atoms with van der Waals surface area (Å²) in [5.74, 6) is 1.25. The molecule has 1 N–H and O–H groups in total. The summed E-state index contributed by atoms with van der Waals surface area (Å²) >= 11 is 0. The van der Waals surface area contributed by atoms with Gasteiger partial charge in [-0.1, -0.05) is 0 Å². The van der Waals surface area contributed by atoms with Gasteiger partial charge in [0, 0.05) is 26.6 Å². The molecule has 20 heavy (non-hydrogen) atoms. The van der Waals surface area contributed by atoms with Crippen LogP contribution in [0.15, 0.2) is 29.2 Å². The van der Waals surface area contributed by atoms with Crippen LogP contribution in [0.25, 0.3) is 0 Å². The molecule has 0 unspecified atom stereocenters. The smallest absolute Gasteiger partial charge is 0.242 e. The van der Waals surface area contributed by atoms with Crippen molar-refractivity contribution in [2.24, 2.45) is 5.92 Å². The molecule has 1 aliphatic rings. The van der Waals surface area contributed by atoms with Gasteiger partial charge >= 0.3 is 0 Å². The van der Waals surface area contributed by atoms with Crippen LogP contribution >= 0.6 is 0 Å². The number of hydrogen-bond donors (Lipinski definition) is 1. The monoisotopic (exact) mass is 298 g/mol. The molecule has 0 spiro atoms. The largest absolute Gasteiger partial charge is 0.493 e. The van der Waals surface area contributed by atoms with Crippen LogP contribution in [0, 0.1) is 5.92 Å². The summed E-state index contributed by atoms with van der Waals surface area (Å²) in [6, 6.07) is 6.60. The quantitative estimate of drug-likeness (QED) is 0.890. The minimum Gasteiger partial charge on any atom is -0.493 e. The van der Waals surface area contributed by atoms with Crippen molar-refractivity contribution in [1.29, 1.82) is 0 Å². The lowest BCUT2D eigenvalue weighted by atomic mass is 10.0. The fourth-order valence-corrected chi connectivity index (χ4v) is 3.10. The van der Waals surface area contributed by atoms with Crippen LogP contribution in [0.4, 0.5) is 0 Å². The highest BCUT2D eigenvalue weighted by atomic mass is 32.2. The normalized spacial score (nSPS) is 20.1. The van der Waals surface area contributed by atoms with Crippen LogP contribution < -0.4 is 10.1 Å². The Hall–Kier alpha value is -1.11. The first-order chi connectivity index (χ1) is 9.50. The van der Waals surface area contributed by atoms with Gasteiger partial charge in [0.1, 0.15) is 5.75 Å². The van der Waals surface area contributed by atoms with Crippen molar-refractivity contribution in [3.63, 3.8) is 0 Å². The lowest BCUT2D eigenvalue weighted by molar-refractivity contribution is 0.218. The molecule has 1 heterocycles. The van der Waals surface area contributed by atoms with Crippen molar-refractivity contribution in [2.75, 3.05) is 33.8 Å². The van der Waals surface area contributed by atoms with Crippen molar-refractivity contribution >= 4 is 10.0 Å². The maximum absolute atomic E-state index is 11.9. The van der Waals surface area contributed by atoms with Gasteiger partial charge in [-0.15, -0.1) is 0 Å². The van der Waals surface area contributed by atoms with Gasteiger partial charge in [-0.2, -0.15) is 0 Å². The van der Waals surface area contributed by atoms with E-state index >= 15 is 0 Å². The third-order valence-corrected chi connectivity index (χ3v) is 5.32. The van der Waals surface area contributed by atoms with E-state index in [2.05, 4.69) is 5.32 Å². The van der Waals surface area contributed by atoms with E-state index in [1.165, 1.54) is 31.2 Å². The van der Waals surface area contributed by atoms with Gasteiger partial charge in [-0.25, -0.2) is 12.7 Å². The fourth-order valence-electron chi connectivity index (χ4n) is 2.20. The van der Waals surface area contributed by atoms with Gasteiger partial charge in [0.2, 0.25) is 10.0 Å². The number of rotatable bonds is 5. The first kappa shape index (κ1) is 15.3. The Morgan fingerprint density at radius 2 is 2.00 bits per heavy atom. The highest BCUT2D eigenvalue weighted by molar-refractivity contribution is 7.89. The molecule has 112 valence electrons. The third-order valence-electron chi connectivity index (χ3n) is 3.49. The fraction of sp³-hybridized carbons (Fsp3) is 0.571. The molecule has 0 bridgehead atoms. The number of hydrogen-bond acceptors (Lipinski definition) is 4. The summed E-state index contributed by atoms with van der Waals surface area (Å²) in [6.45, 7) is 2.76. The van der Waals surface area contributed by atoms with E-state index < -0.39 is 10.0 Å². The first-order valence-electron chi connectivity index (χ1n) is 6.86. The van der Waals surface area contributed by atoms with Crippen molar-refractivity contribution in [2.45, 2.75) is 17.7 Å². The molecule has 1 aromatic rings. The molecule has 1 saturated heterocycles. The van der Waals surface area contributed by atoms with Gasteiger partial charge in [-0.05, 0) is 43.7 Å². The van der Waals surface area contributed by atoms with E-state index in [0.717, 1.165) is 13.1 Å². The lowest BCUT2D eigenvalue weighted by Gasteiger charge is -2.22. The van der Waals surface area contributed by atoms with E-state index in [1.807, 2.05) is 0 Å². The Balaban J connectivity index is 1.94. The molecule has 0 saturated carbocycles. The Bertz CT molecular complexity index is 520. The Labute approximate surface area is 121 Å². The molecule has 1 atom stereocenters. The molecule has 6 heteroatoms. The minimum absolute atomic E-state index is 0.286. The minimum atomic E-state index is -3.36. The maximum Gasteiger partial charge on any atom is 0.242 e. The average molecular weight is 298 g/mol. The van der Waals surface area contributed by atoms with Crippen LogP contribution in [0.2, 0.25) is 0 Å². The summed E-state index contributed by atoms with van der Waals surface area (Å²) in [5.41, 5.74) is 0. The molecule has 1 aliphatic heterocycles. The van der Waals surface area contributed by atoms with E-state index in [9.17, 15) is 8.42 Å². The summed E-state index contributed by atoms with van der Waals surface area (Å²) < 4.78 is 30.8. The van der Waals surface area contributed by atoms with Gasteiger partial charge in [0.05, 0.1) is 11.5 Å². The van der Waals surface area contributed by atoms with Gasteiger partial charge in [-0.3, -0.25) is 0 Å². The zero-order valence-electron chi connectivity index (χ0n) is 12.0. The molecule has 0 aromatic heterocycles. The Morgan fingerprint density at radius 3 is 2.55 bits per heavy atom. The topological polar surface area (TPSA) is 58.6 Å². The van der Waals surface area contributed by atoms with Crippen LogP contribution in [-0.2, 0) is 10.0 Å². The number of sulfonamides is 1. The van der Waals surface area contributed by atoms with Crippen molar-refractivity contribution < 1.29 is 13.2 Å². The molecule has 0 amide bonds. The number of nitrogens with zero attached hydrogens (tertiary/aromatic N) is 1. The van der Waals surface area contributed by atoms with E-state index in [4.69, 9.17) is 4.74 Å². The highest BCUT2D eigenvalue weighted by Crippen LogP contribution is 2.19. The SMILES string of the molecule is CN(C)S(=O)(=O)c1ccc(OC[C@H]2CCCNC2)cc1. The predicted molar refractivity (Wildman–Crippen MR) is 78.4 cm³/mol. The van der Waals surface area contributed by atoms with E-state index in [1.54, 1.807) is 24.3 Å². The molecular weight excluding hydrogens is 276 g/mol. The van der Waals surface area contributed by atoms with Crippen molar-refractivity contribution in [3.8, 4) is 5.75 Å². The molecule has 2 rings (SSSR count). The Kier molecular flexibility index (Phi) is 5.01. The predicted octanol–water partition coefficient (Wildman–Crippen LogP) is 1.32. The van der Waals surface area contributed by atoms with Gasteiger partial charge in [0.15, 0.2) is 0 Å². The number of piperidine rings is 1. The van der Waals surface area contributed by atoms with Crippen molar-refractivity contribution in [1.82, 2.24) is 9.62 Å². The summed E-state index contributed by atoms with van der Waals surface area (Å²) in [7, 11) is -0.314. The van der Waals surface area contributed by atoms with Crippen molar-refractivity contribution in [3.05, 3.63) is 24.3 Å². The number of ether oxygens (including phenoxy) is 1. The number of benzene rings is 1. The molecule has 5 nitrogen and oxygen atoms in total. The molecule has 1 fully saturated rings. The highest BCUT2D eigenvalue weighted by Gasteiger charge is 2.17. The van der Waals surface area contributed by atoms with E-state index in [-0.39, 0.29) is 4.90 Å². The standard InChI is InChI=1S/C14H22N2O3S/c1-16(2)20(17,18)14-7-5-13(6-8-14)19-11-12-4-3-9-15-10-12/h5-8,12,15H,3-4,9-11H2,1-2H3/t12-/m0/s1. The maximum atomic E-state index is 11.9. The third kappa shape index (κ3) is 3.71.